The average Bonchev–Trinajstić information content (AvgIpc) is 2.98. The van der Waals surface area contributed by atoms with Crippen molar-refractivity contribution >= 4 is 42.3 Å². The van der Waals surface area contributed by atoms with E-state index >= 15 is 0 Å². The molecule has 0 aromatic carbocycles. The number of carbonyl (C=O) groups is 6. The van der Waals surface area contributed by atoms with Crippen molar-refractivity contribution < 1.29 is 47.8 Å². The summed E-state index contributed by atoms with van der Waals surface area (Å²) >= 11 is 0. The van der Waals surface area contributed by atoms with E-state index in [1.54, 1.807) is 48.5 Å². The normalized spacial score (nSPS) is 10.7. The Bertz CT molecular complexity index is 1260. The maximum atomic E-state index is 10.8. The fraction of sp³-hybridized carbons (Fsp3) is 0.771. The number of rotatable bonds is 0. The van der Waals surface area contributed by atoms with E-state index in [1.807, 2.05) is 110 Å². The molecule has 0 rings (SSSR count). The summed E-state index contributed by atoms with van der Waals surface area (Å²) in [6, 6.07) is 0. The number of amides is 1. The van der Waals surface area contributed by atoms with Crippen LogP contribution in [-0.2, 0) is 43.0 Å². The maximum absolute atomic E-state index is 10.8. The Hall–Kier alpha value is -4.10. The number of ketones is 1. The molecular formula is C48H96N3O9+. The number of Topliss-reactive ketones (excluding diaryl/α,β-unsaturated/α-hetero) is 1. The Labute approximate surface area is 370 Å². The lowest BCUT2D eigenvalue weighted by atomic mass is 9.92. The minimum absolute atomic E-state index is 0. The van der Waals surface area contributed by atoms with Gasteiger partial charge in [-0.3, -0.25) is 28.8 Å². The molecule has 0 aromatic heterocycles. The first kappa shape index (κ1) is 76.6. The number of primary amides is 1. The van der Waals surface area contributed by atoms with Gasteiger partial charge in [0.05, 0.1) is 35.6 Å². The summed E-state index contributed by atoms with van der Waals surface area (Å²) in [4.78, 5) is 66.4. The van der Waals surface area contributed by atoms with Crippen LogP contribution in [0.25, 0.3) is 0 Å². The molecule has 0 aromatic rings. The summed E-state index contributed by atoms with van der Waals surface area (Å²) in [6.07, 6.45) is 6.99. The second kappa shape index (κ2) is 33.6. The highest BCUT2D eigenvalue weighted by atomic mass is 16.6. The Morgan fingerprint density at radius 2 is 0.800 bits per heavy atom. The van der Waals surface area contributed by atoms with Crippen molar-refractivity contribution in [3.63, 3.8) is 0 Å². The van der Waals surface area contributed by atoms with Gasteiger partial charge in [-0.05, 0) is 116 Å². The molecule has 60 heavy (non-hydrogen) atoms. The third-order valence-corrected chi connectivity index (χ3v) is 5.66. The van der Waals surface area contributed by atoms with E-state index in [2.05, 4.69) is 64.1 Å². The van der Waals surface area contributed by atoms with Crippen molar-refractivity contribution in [2.45, 2.75) is 193 Å². The maximum Gasteiger partial charge on any atom is 0.318 e. The third-order valence-electron chi connectivity index (χ3n) is 5.66. The molecule has 1 amide bonds. The topological polar surface area (TPSA) is 183 Å². The van der Waals surface area contributed by atoms with Gasteiger partial charge in [-0.1, -0.05) is 75.8 Å². The van der Waals surface area contributed by atoms with Gasteiger partial charge in [0.15, 0.2) is 0 Å². The molecule has 0 spiro atoms. The van der Waals surface area contributed by atoms with E-state index in [0.717, 1.165) is 0 Å². The molecular weight excluding hydrogens is 763 g/mol. The van der Waals surface area contributed by atoms with Crippen LogP contribution in [0.3, 0.4) is 0 Å². The molecule has 0 aliphatic rings. The zero-order chi connectivity index (χ0) is 50.4. The van der Waals surface area contributed by atoms with Gasteiger partial charge in [-0.2, -0.15) is 0 Å². The number of terminal acetylenes is 1. The summed E-state index contributed by atoms with van der Waals surface area (Å²) in [6.45, 7) is 55.1. The summed E-state index contributed by atoms with van der Waals surface area (Å²) in [5.74, 6) is 1.21. The van der Waals surface area contributed by atoms with Crippen molar-refractivity contribution in [2.24, 2.45) is 48.8 Å². The number of carbonyl (C=O) groups excluding carboxylic acids is 6. The lowest BCUT2D eigenvalue weighted by Crippen LogP contribution is -2.27. The van der Waals surface area contributed by atoms with Crippen LogP contribution in [0.15, 0.2) is 17.8 Å². The second-order valence-electron chi connectivity index (χ2n) is 21.4. The third kappa shape index (κ3) is 78.3. The number of hydrogen-bond donors (Lipinski definition) is 1. The van der Waals surface area contributed by atoms with Crippen LogP contribution < -0.4 is 5.73 Å². The molecule has 356 valence electrons. The van der Waals surface area contributed by atoms with Gasteiger partial charge in [0, 0.05) is 28.0 Å². The highest BCUT2D eigenvalue weighted by molar-refractivity contribution is 5.87. The van der Waals surface area contributed by atoms with E-state index in [1.165, 1.54) is 21.1 Å². The van der Waals surface area contributed by atoms with Crippen molar-refractivity contribution in [1.82, 2.24) is 0 Å². The molecule has 2 N–H and O–H groups in total. The number of allylic oxidation sites excluding steroid dienone is 1. The predicted octanol–water partition coefficient (Wildman–Crippen LogP) is 11.3. The first-order valence-electron chi connectivity index (χ1n) is 19.4. The van der Waals surface area contributed by atoms with Crippen LogP contribution >= 0.6 is 0 Å². The lowest BCUT2D eigenvalue weighted by molar-refractivity contribution is -0.164. The monoisotopic (exact) mass is 859 g/mol. The summed E-state index contributed by atoms with van der Waals surface area (Å²) in [5.41, 5.74) is 3.46. The number of methoxy groups -OCH3 is 2. The van der Waals surface area contributed by atoms with Gasteiger partial charge < -0.3 is 19.9 Å². The molecule has 0 radical (unpaired) electrons. The van der Waals surface area contributed by atoms with Crippen LogP contribution in [-0.4, -0.2) is 66.8 Å². The molecule has 12 nitrogen and oxygen atoms in total. The number of nitrogens with zero attached hydrogens (tertiary/aromatic N) is 2. The van der Waals surface area contributed by atoms with Gasteiger partial charge in [-0.15, -0.1) is 18.9 Å². The van der Waals surface area contributed by atoms with Crippen molar-refractivity contribution in [1.29, 1.82) is 0 Å². The van der Waals surface area contributed by atoms with Crippen LogP contribution in [0.5, 0.6) is 0 Å². The first-order valence-corrected chi connectivity index (χ1v) is 19.4. The average molecular weight is 859 g/mol. The lowest BCUT2D eigenvalue weighted by Gasteiger charge is -2.13. The smallest absolute Gasteiger partial charge is 0.318 e. The summed E-state index contributed by atoms with van der Waals surface area (Å²) in [7, 11) is 2.79. The Morgan fingerprint density at radius 3 is 0.817 bits per heavy atom. The van der Waals surface area contributed by atoms with E-state index in [9.17, 15) is 28.8 Å². The molecule has 0 aliphatic heterocycles. The van der Waals surface area contributed by atoms with E-state index < -0.39 is 17.4 Å². The van der Waals surface area contributed by atoms with Crippen LogP contribution in [0.4, 0.5) is 0 Å². The fourth-order valence-electron chi connectivity index (χ4n) is 1.11. The molecule has 0 saturated carbocycles. The Kier molecular flexibility index (Phi) is 42.9. The molecule has 0 saturated heterocycles. The van der Waals surface area contributed by atoms with Gasteiger partial charge in [0.25, 0.3) is 6.72 Å². The SMILES string of the molecule is C.C#CC(C)(C)C.C=CC(C)(C)C.C=[N+]=NC(C)(C)C.CC(=O)C(C)(C)C.CC(=O)OC(=O)C(C)(C)C.CC(C)(C)C(N)=O.COC(=O)C(C)(C)C.COC(=O)C(C)(C)C. The number of hydrogen-bond acceptors (Lipinski definition) is 10. The quantitative estimate of drug-likeness (QED) is 0.0362. The van der Waals surface area contributed by atoms with E-state index in [4.69, 9.17) is 12.2 Å². The Balaban J connectivity index is -0.0000000710. The first-order chi connectivity index (χ1) is 25.4. The summed E-state index contributed by atoms with van der Waals surface area (Å²) in [5, 5.41) is 3.77. The zero-order valence-corrected chi connectivity index (χ0v) is 43.2. The highest BCUT2D eigenvalue weighted by Gasteiger charge is 2.24. The molecule has 0 atom stereocenters. The van der Waals surface area contributed by atoms with Gasteiger partial charge in [-0.25, -0.2) is 0 Å². The van der Waals surface area contributed by atoms with Crippen molar-refractivity contribution in [2.75, 3.05) is 14.2 Å². The minimum atomic E-state index is -0.592. The Morgan fingerprint density at radius 1 is 0.583 bits per heavy atom. The van der Waals surface area contributed by atoms with Crippen LogP contribution in [0, 0.1) is 50.2 Å². The number of nitrogens with two attached hydrogens (primary N) is 1. The molecule has 12 heteroatoms. The van der Waals surface area contributed by atoms with Crippen molar-refractivity contribution in [3.05, 3.63) is 12.7 Å². The molecule has 0 fully saturated rings. The highest BCUT2D eigenvalue weighted by Crippen LogP contribution is 2.16. The fourth-order valence-corrected chi connectivity index (χ4v) is 1.11. The van der Waals surface area contributed by atoms with E-state index in [-0.39, 0.29) is 63.7 Å². The van der Waals surface area contributed by atoms with Gasteiger partial charge in [0.2, 0.25) is 5.91 Å². The zero-order valence-electron chi connectivity index (χ0n) is 43.2. The second-order valence-corrected chi connectivity index (χ2v) is 21.4. The van der Waals surface area contributed by atoms with Crippen molar-refractivity contribution in [3.8, 4) is 12.3 Å². The number of ether oxygens (including phenoxy) is 3. The van der Waals surface area contributed by atoms with Crippen LogP contribution in [0.1, 0.15) is 187 Å². The van der Waals surface area contributed by atoms with Gasteiger partial charge >= 0.3 is 23.9 Å². The molecule has 0 heterocycles. The van der Waals surface area contributed by atoms with Gasteiger partial charge in [0.1, 0.15) is 11.3 Å². The van der Waals surface area contributed by atoms with Crippen LogP contribution in [0.2, 0.25) is 0 Å². The molecule has 0 unspecified atom stereocenters. The minimum Gasteiger partial charge on any atom is -0.469 e. The molecule has 0 bridgehead atoms. The standard InChI is InChI=1S/C7H12O3.2C6H12O2.C6H12O.C6H12.C6H10.C5H11N2.C5H11NO.CH4/c1-5(8)10-6(9)7(2,3)4;2*1-6(2,3)5(7)8-4;1-5(7)6(2,3)4;2*1-5-6(2,3)4;1-5(2,3)7-6-4;1-5(2,3)4(6)7;/h1-4H3;2*1-4H3;1-4H3;5H,1H2,2-4H3;1H,2-4H3;4H2,1-3H3;1-3H3,(H2,6,7);1H4/q;;;;;;+1;;. The van der Waals surface area contributed by atoms with E-state index in [0.29, 0.717) is 5.41 Å². The summed E-state index contributed by atoms with van der Waals surface area (Å²) < 4.78 is 13.3. The largest absolute Gasteiger partial charge is 0.469 e. The predicted molar refractivity (Wildman–Crippen MR) is 252 cm³/mol. The molecule has 0 aliphatic carbocycles. The number of esters is 4.